The molecule has 2 aromatic rings. The number of benzene rings is 2. The second-order valence-electron chi connectivity index (χ2n) is 10.3. The molecule has 1 heterocycles. The molecule has 4 bridgehead atoms. The topological polar surface area (TPSA) is 66.5 Å². The summed E-state index contributed by atoms with van der Waals surface area (Å²) < 4.78 is 0. The molecule has 0 radical (unpaired) electrons. The maximum Gasteiger partial charge on any atom is 0.335 e. The molecular weight excluding hydrogens is 436 g/mol. The zero-order valence-corrected chi connectivity index (χ0v) is 19.0. The molecule has 7 rings (SSSR count). The number of carbonyl (C=O) groups excluding carboxylic acids is 3. The molecule has 1 aliphatic heterocycles. The molecule has 33 heavy (non-hydrogen) atoms. The Hall–Kier alpha value is -2.92. The van der Waals surface area contributed by atoms with E-state index in [9.17, 15) is 14.4 Å². The van der Waals surface area contributed by atoms with Crippen LogP contribution < -0.4 is 10.2 Å². The molecule has 1 N–H and O–H groups in total. The number of anilines is 1. The van der Waals surface area contributed by atoms with Crippen molar-refractivity contribution >= 4 is 41.2 Å². The second kappa shape index (κ2) is 7.56. The zero-order chi connectivity index (χ0) is 22.7. The maximum atomic E-state index is 13.2. The molecule has 0 unspecified atom stereocenters. The van der Waals surface area contributed by atoms with Crippen LogP contribution in [0, 0.1) is 17.8 Å². The van der Waals surface area contributed by atoms with Gasteiger partial charge in [-0.1, -0.05) is 35.9 Å². The van der Waals surface area contributed by atoms with Crippen molar-refractivity contribution < 1.29 is 14.4 Å². The number of hydrogen-bond acceptors (Lipinski definition) is 3. The number of urea groups is 1. The standard InChI is InChI=1S/C27H25ClN2O3/c28-21-3-1-2-16(11-21)12-23-24(31)29-26(33)30(25(23)32)22-6-4-20(5-7-22)27-13-17-8-18(14-27)10-19(9-17)15-27/h1-7,11-12,17-19H,8-10,13-15H2,(H,29,31,33)/b23-12+. The van der Waals surface area contributed by atoms with Crippen LogP contribution in [0.5, 0.6) is 0 Å². The Kier molecular flexibility index (Phi) is 4.73. The van der Waals surface area contributed by atoms with E-state index in [1.807, 2.05) is 12.1 Å². The molecule has 5 fully saturated rings. The average Bonchev–Trinajstić information content (AvgIpc) is 2.76. The van der Waals surface area contributed by atoms with Gasteiger partial charge < -0.3 is 0 Å². The first-order valence-corrected chi connectivity index (χ1v) is 12.1. The van der Waals surface area contributed by atoms with Gasteiger partial charge in [0.2, 0.25) is 0 Å². The number of hydrogen-bond donors (Lipinski definition) is 1. The number of carbonyl (C=O) groups is 3. The molecule has 6 heteroatoms. The molecule has 4 saturated carbocycles. The van der Waals surface area contributed by atoms with Crippen LogP contribution in [0.15, 0.2) is 54.1 Å². The molecule has 5 nitrogen and oxygen atoms in total. The Labute approximate surface area is 197 Å². The SMILES string of the molecule is O=C1NC(=O)N(c2ccc(C34CC5CC(CC(C5)C3)C4)cc2)C(=O)/C1=C/c1cccc(Cl)c1. The van der Waals surface area contributed by atoms with Gasteiger partial charge >= 0.3 is 6.03 Å². The Morgan fingerprint density at radius 1 is 0.909 bits per heavy atom. The van der Waals surface area contributed by atoms with Gasteiger partial charge in [0.25, 0.3) is 11.8 Å². The molecule has 168 valence electrons. The minimum Gasteiger partial charge on any atom is -0.273 e. The number of rotatable bonds is 3. The van der Waals surface area contributed by atoms with E-state index < -0.39 is 17.8 Å². The van der Waals surface area contributed by atoms with Crippen molar-refractivity contribution in [1.82, 2.24) is 5.32 Å². The zero-order valence-electron chi connectivity index (χ0n) is 18.2. The highest BCUT2D eigenvalue weighted by atomic mass is 35.5. The van der Waals surface area contributed by atoms with Gasteiger partial charge in [-0.3, -0.25) is 14.9 Å². The number of nitrogens with zero attached hydrogens (tertiary/aromatic N) is 1. The van der Waals surface area contributed by atoms with E-state index in [1.165, 1.54) is 50.2 Å². The molecular formula is C27H25ClN2O3. The van der Waals surface area contributed by atoms with Crippen LogP contribution in [-0.4, -0.2) is 17.8 Å². The molecule has 1 saturated heterocycles. The van der Waals surface area contributed by atoms with Crippen LogP contribution in [0.25, 0.3) is 6.08 Å². The van der Waals surface area contributed by atoms with Gasteiger partial charge in [-0.2, -0.15) is 0 Å². The fourth-order valence-corrected chi connectivity index (χ4v) is 7.28. The molecule has 2 aromatic carbocycles. The predicted octanol–water partition coefficient (Wildman–Crippen LogP) is 5.47. The summed E-state index contributed by atoms with van der Waals surface area (Å²) in [5.74, 6) is 1.19. The highest BCUT2D eigenvalue weighted by molar-refractivity contribution is 6.39. The van der Waals surface area contributed by atoms with Crippen LogP contribution in [-0.2, 0) is 15.0 Å². The van der Waals surface area contributed by atoms with Gasteiger partial charge in [-0.15, -0.1) is 0 Å². The van der Waals surface area contributed by atoms with Gasteiger partial charge in [-0.05, 0) is 103 Å². The first kappa shape index (κ1) is 20.7. The van der Waals surface area contributed by atoms with Crippen LogP contribution in [0.4, 0.5) is 10.5 Å². The minimum absolute atomic E-state index is 0.0953. The third-order valence-corrected chi connectivity index (χ3v) is 8.27. The number of imide groups is 2. The minimum atomic E-state index is -0.726. The van der Waals surface area contributed by atoms with E-state index in [2.05, 4.69) is 17.4 Å². The largest absolute Gasteiger partial charge is 0.335 e. The maximum absolute atomic E-state index is 13.2. The summed E-state index contributed by atoms with van der Waals surface area (Å²) in [5, 5.41) is 2.79. The Morgan fingerprint density at radius 2 is 1.55 bits per heavy atom. The van der Waals surface area contributed by atoms with E-state index in [0.717, 1.165) is 22.7 Å². The monoisotopic (exact) mass is 460 g/mol. The Bertz CT molecular complexity index is 1160. The van der Waals surface area contributed by atoms with Crippen molar-refractivity contribution in [2.45, 2.75) is 43.9 Å². The molecule has 0 spiro atoms. The van der Waals surface area contributed by atoms with Crippen LogP contribution in [0.2, 0.25) is 5.02 Å². The number of amides is 4. The number of halogens is 1. The molecule has 4 aliphatic carbocycles. The summed E-state index contributed by atoms with van der Waals surface area (Å²) in [6.45, 7) is 0. The normalized spacial score (nSPS) is 31.9. The third kappa shape index (κ3) is 3.50. The van der Waals surface area contributed by atoms with Crippen molar-refractivity contribution in [1.29, 1.82) is 0 Å². The lowest BCUT2D eigenvalue weighted by atomic mass is 9.48. The van der Waals surface area contributed by atoms with Gasteiger partial charge in [0.05, 0.1) is 5.69 Å². The van der Waals surface area contributed by atoms with Crippen LogP contribution >= 0.6 is 11.6 Å². The lowest BCUT2D eigenvalue weighted by molar-refractivity contribution is -0.122. The Balaban J connectivity index is 1.30. The summed E-state index contributed by atoms with van der Waals surface area (Å²) in [5.41, 5.74) is 2.56. The summed E-state index contributed by atoms with van der Waals surface area (Å²) >= 11 is 6.03. The average molecular weight is 461 g/mol. The van der Waals surface area contributed by atoms with Gasteiger partial charge in [-0.25, -0.2) is 9.69 Å². The first-order chi connectivity index (χ1) is 15.9. The quantitative estimate of drug-likeness (QED) is 0.487. The van der Waals surface area contributed by atoms with Crippen molar-refractivity contribution in [3.63, 3.8) is 0 Å². The summed E-state index contributed by atoms with van der Waals surface area (Å²) in [7, 11) is 0. The molecule has 4 amide bonds. The van der Waals surface area contributed by atoms with Crippen LogP contribution in [0.3, 0.4) is 0 Å². The fourth-order valence-electron chi connectivity index (χ4n) is 7.08. The van der Waals surface area contributed by atoms with E-state index >= 15 is 0 Å². The van der Waals surface area contributed by atoms with Crippen LogP contribution in [0.1, 0.15) is 49.7 Å². The number of barbiturate groups is 1. The van der Waals surface area contributed by atoms with E-state index in [-0.39, 0.29) is 11.0 Å². The highest BCUT2D eigenvalue weighted by Crippen LogP contribution is 2.60. The smallest absolute Gasteiger partial charge is 0.273 e. The number of nitrogens with one attached hydrogen (secondary N) is 1. The van der Waals surface area contributed by atoms with Gasteiger partial charge in [0.15, 0.2) is 0 Å². The van der Waals surface area contributed by atoms with E-state index in [0.29, 0.717) is 16.3 Å². The first-order valence-electron chi connectivity index (χ1n) is 11.7. The van der Waals surface area contributed by atoms with E-state index in [4.69, 9.17) is 11.6 Å². The Morgan fingerprint density at radius 3 is 2.15 bits per heavy atom. The van der Waals surface area contributed by atoms with Gasteiger partial charge in [0, 0.05) is 5.02 Å². The van der Waals surface area contributed by atoms with Gasteiger partial charge in [0.1, 0.15) is 5.57 Å². The molecule has 5 aliphatic rings. The summed E-state index contributed by atoms with van der Waals surface area (Å²) in [6.07, 6.45) is 9.38. The fraction of sp³-hybridized carbons (Fsp3) is 0.370. The highest BCUT2D eigenvalue weighted by Gasteiger charge is 2.51. The van der Waals surface area contributed by atoms with Crippen molar-refractivity contribution in [2.24, 2.45) is 17.8 Å². The van der Waals surface area contributed by atoms with Crippen molar-refractivity contribution in [3.05, 3.63) is 70.3 Å². The van der Waals surface area contributed by atoms with Crippen molar-refractivity contribution in [3.8, 4) is 0 Å². The lowest BCUT2D eigenvalue weighted by Gasteiger charge is -2.57. The summed E-state index contributed by atoms with van der Waals surface area (Å²) in [6, 6.07) is 14.0. The predicted molar refractivity (Wildman–Crippen MR) is 127 cm³/mol. The second-order valence-corrected chi connectivity index (χ2v) is 10.7. The molecule has 0 aromatic heterocycles. The molecule has 0 atom stereocenters. The summed E-state index contributed by atoms with van der Waals surface area (Å²) in [4.78, 5) is 39.2. The third-order valence-electron chi connectivity index (χ3n) is 8.04. The lowest BCUT2D eigenvalue weighted by Crippen LogP contribution is -2.54. The van der Waals surface area contributed by atoms with Crippen molar-refractivity contribution in [2.75, 3.05) is 4.90 Å². The van der Waals surface area contributed by atoms with E-state index in [1.54, 1.807) is 24.3 Å².